The highest BCUT2D eigenvalue weighted by Gasteiger charge is 2.24. The largest absolute Gasteiger partial charge is 0.361 e. The molecule has 0 saturated carbocycles. The molecule has 2 aromatic carbocycles. The first kappa shape index (κ1) is 18.7. The Labute approximate surface area is 164 Å². The third-order valence-electron chi connectivity index (χ3n) is 5.65. The number of carbonyl (C=O) groups is 1. The molecule has 0 radical (unpaired) electrons. The number of H-pyrrole nitrogens is 1. The van der Waals surface area contributed by atoms with E-state index in [1.807, 2.05) is 30.5 Å². The number of hydrogen-bond donors (Lipinski definition) is 2. The minimum atomic E-state index is -0.202. The Morgan fingerprint density at radius 1 is 1.11 bits per heavy atom. The van der Waals surface area contributed by atoms with Gasteiger partial charge in [0.25, 0.3) is 0 Å². The normalized spacial score (nSPS) is 15.8. The molecule has 2 heterocycles. The van der Waals surface area contributed by atoms with Gasteiger partial charge in [-0.05, 0) is 61.7 Å². The van der Waals surface area contributed by atoms with Crippen molar-refractivity contribution in [2.75, 3.05) is 19.6 Å². The van der Waals surface area contributed by atoms with E-state index in [2.05, 4.69) is 27.3 Å². The zero-order chi connectivity index (χ0) is 19.3. The quantitative estimate of drug-likeness (QED) is 0.683. The average molecular weight is 379 g/mol. The fraction of sp³-hybridized carbons (Fsp3) is 0.348. The van der Waals surface area contributed by atoms with Gasteiger partial charge in [-0.25, -0.2) is 4.39 Å². The standard InChI is InChI=1S/C23H26FN3O/c24-20-7-5-17(6-8-20)16-27-13-10-18(11-14-27)23(28)25-12-9-19-15-26-22-4-2-1-3-21(19)22/h1-8,15,18,26H,9-14,16H2,(H,25,28). The van der Waals surface area contributed by atoms with Crippen LogP contribution in [0.4, 0.5) is 4.39 Å². The molecule has 0 bridgehead atoms. The van der Waals surface area contributed by atoms with Crippen LogP contribution in [0.25, 0.3) is 10.9 Å². The summed E-state index contributed by atoms with van der Waals surface area (Å²) in [5, 5.41) is 4.34. The van der Waals surface area contributed by atoms with Gasteiger partial charge >= 0.3 is 0 Å². The molecule has 5 heteroatoms. The lowest BCUT2D eigenvalue weighted by atomic mass is 9.95. The van der Waals surface area contributed by atoms with Gasteiger partial charge in [0, 0.05) is 36.1 Å². The maximum Gasteiger partial charge on any atom is 0.223 e. The summed E-state index contributed by atoms with van der Waals surface area (Å²) < 4.78 is 13.0. The Kier molecular flexibility index (Phi) is 5.72. The van der Waals surface area contributed by atoms with Crippen LogP contribution in [0, 0.1) is 11.7 Å². The number of carbonyl (C=O) groups excluding carboxylic acids is 1. The van der Waals surface area contributed by atoms with E-state index in [-0.39, 0.29) is 17.6 Å². The number of fused-ring (bicyclic) bond motifs is 1. The van der Waals surface area contributed by atoms with E-state index in [0.717, 1.165) is 50.0 Å². The number of likely N-dealkylation sites (tertiary alicyclic amines) is 1. The van der Waals surface area contributed by atoms with E-state index in [1.165, 1.54) is 23.1 Å². The van der Waals surface area contributed by atoms with Crippen LogP contribution in [0.1, 0.15) is 24.0 Å². The number of aromatic amines is 1. The van der Waals surface area contributed by atoms with Crippen LogP contribution >= 0.6 is 0 Å². The number of nitrogens with zero attached hydrogens (tertiary/aromatic N) is 1. The number of benzene rings is 2. The molecular weight excluding hydrogens is 353 g/mol. The second-order valence-electron chi connectivity index (χ2n) is 7.58. The van der Waals surface area contributed by atoms with Gasteiger partial charge in [0.2, 0.25) is 5.91 Å². The Hall–Kier alpha value is -2.66. The summed E-state index contributed by atoms with van der Waals surface area (Å²) in [6, 6.07) is 14.9. The minimum Gasteiger partial charge on any atom is -0.361 e. The van der Waals surface area contributed by atoms with Crippen LogP contribution in [0.15, 0.2) is 54.7 Å². The second-order valence-corrected chi connectivity index (χ2v) is 7.58. The first-order chi connectivity index (χ1) is 13.7. The Morgan fingerprint density at radius 2 is 1.86 bits per heavy atom. The highest BCUT2D eigenvalue weighted by molar-refractivity contribution is 5.83. The molecule has 4 nitrogen and oxygen atoms in total. The molecule has 0 aliphatic carbocycles. The lowest BCUT2D eigenvalue weighted by molar-refractivity contribution is -0.126. The van der Waals surface area contributed by atoms with Crippen molar-refractivity contribution >= 4 is 16.8 Å². The molecule has 2 N–H and O–H groups in total. The number of hydrogen-bond acceptors (Lipinski definition) is 2. The molecule has 0 atom stereocenters. The third-order valence-corrected chi connectivity index (χ3v) is 5.65. The molecule has 1 saturated heterocycles. The van der Waals surface area contributed by atoms with E-state index in [9.17, 15) is 9.18 Å². The molecule has 1 fully saturated rings. The topological polar surface area (TPSA) is 48.1 Å². The summed E-state index contributed by atoms with van der Waals surface area (Å²) in [6.45, 7) is 3.28. The smallest absolute Gasteiger partial charge is 0.223 e. The first-order valence-corrected chi connectivity index (χ1v) is 9.98. The van der Waals surface area contributed by atoms with Gasteiger partial charge in [-0.1, -0.05) is 30.3 Å². The van der Waals surface area contributed by atoms with Gasteiger partial charge in [-0.15, -0.1) is 0 Å². The monoisotopic (exact) mass is 379 g/mol. The number of amides is 1. The van der Waals surface area contributed by atoms with Gasteiger partial charge in [-0.2, -0.15) is 0 Å². The van der Waals surface area contributed by atoms with Gasteiger partial charge < -0.3 is 10.3 Å². The Balaban J connectivity index is 1.21. The van der Waals surface area contributed by atoms with Crippen LogP contribution in [-0.2, 0) is 17.8 Å². The molecule has 3 aromatic rings. The van der Waals surface area contributed by atoms with Crippen LogP contribution < -0.4 is 5.32 Å². The lowest BCUT2D eigenvalue weighted by Gasteiger charge is -2.31. The number of aromatic nitrogens is 1. The highest BCUT2D eigenvalue weighted by atomic mass is 19.1. The number of piperidine rings is 1. The molecule has 1 aliphatic heterocycles. The molecule has 0 unspecified atom stereocenters. The minimum absolute atomic E-state index is 0.0902. The van der Waals surface area contributed by atoms with Crippen molar-refractivity contribution in [2.24, 2.45) is 5.92 Å². The molecule has 4 rings (SSSR count). The fourth-order valence-electron chi connectivity index (χ4n) is 4.00. The van der Waals surface area contributed by atoms with Crippen molar-refractivity contribution in [1.82, 2.24) is 15.2 Å². The van der Waals surface area contributed by atoms with Crippen LogP contribution in [-0.4, -0.2) is 35.4 Å². The van der Waals surface area contributed by atoms with E-state index >= 15 is 0 Å². The summed E-state index contributed by atoms with van der Waals surface area (Å²) in [6.07, 6.45) is 4.62. The van der Waals surface area contributed by atoms with Gasteiger partial charge in [0.15, 0.2) is 0 Å². The first-order valence-electron chi connectivity index (χ1n) is 9.98. The predicted molar refractivity (Wildman–Crippen MR) is 109 cm³/mol. The van der Waals surface area contributed by atoms with Crippen molar-refractivity contribution in [3.63, 3.8) is 0 Å². The molecule has 0 spiro atoms. The van der Waals surface area contributed by atoms with Crippen molar-refractivity contribution in [2.45, 2.75) is 25.8 Å². The van der Waals surface area contributed by atoms with E-state index < -0.39 is 0 Å². The molecule has 28 heavy (non-hydrogen) atoms. The molecule has 146 valence electrons. The Morgan fingerprint density at radius 3 is 2.64 bits per heavy atom. The third kappa shape index (κ3) is 4.42. The lowest BCUT2D eigenvalue weighted by Crippen LogP contribution is -2.40. The molecule has 1 amide bonds. The maximum atomic E-state index is 13.0. The number of para-hydroxylation sites is 1. The molecule has 1 aliphatic rings. The molecular formula is C23H26FN3O. The van der Waals surface area contributed by atoms with Gasteiger partial charge in [0.05, 0.1) is 0 Å². The zero-order valence-electron chi connectivity index (χ0n) is 16.0. The predicted octanol–water partition coefficient (Wildman–Crippen LogP) is 3.88. The highest BCUT2D eigenvalue weighted by Crippen LogP contribution is 2.20. The van der Waals surface area contributed by atoms with Crippen LogP contribution in [0.3, 0.4) is 0 Å². The van der Waals surface area contributed by atoms with Gasteiger partial charge in [-0.3, -0.25) is 9.69 Å². The SMILES string of the molecule is O=C(NCCc1c[nH]c2ccccc12)C1CCN(Cc2ccc(F)cc2)CC1. The summed E-state index contributed by atoms with van der Waals surface area (Å²) in [5.74, 6) is 0.0560. The van der Waals surface area contributed by atoms with E-state index in [0.29, 0.717) is 6.54 Å². The maximum absolute atomic E-state index is 13.0. The molecule has 1 aromatic heterocycles. The van der Waals surface area contributed by atoms with E-state index in [1.54, 1.807) is 0 Å². The summed E-state index contributed by atoms with van der Waals surface area (Å²) in [4.78, 5) is 18.1. The van der Waals surface area contributed by atoms with Crippen molar-refractivity contribution < 1.29 is 9.18 Å². The van der Waals surface area contributed by atoms with Gasteiger partial charge in [0.1, 0.15) is 5.82 Å². The summed E-state index contributed by atoms with van der Waals surface area (Å²) >= 11 is 0. The van der Waals surface area contributed by atoms with Crippen molar-refractivity contribution in [3.8, 4) is 0 Å². The number of halogens is 1. The fourth-order valence-corrected chi connectivity index (χ4v) is 4.00. The Bertz CT molecular complexity index is 926. The number of nitrogens with one attached hydrogen (secondary N) is 2. The van der Waals surface area contributed by atoms with Crippen LogP contribution in [0.5, 0.6) is 0 Å². The van der Waals surface area contributed by atoms with Crippen molar-refractivity contribution in [3.05, 3.63) is 71.7 Å². The summed E-state index contributed by atoms with van der Waals surface area (Å²) in [7, 11) is 0. The van der Waals surface area contributed by atoms with E-state index in [4.69, 9.17) is 0 Å². The number of rotatable bonds is 6. The second kappa shape index (κ2) is 8.57. The van der Waals surface area contributed by atoms with Crippen LogP contribution in [0.2, 0.25) is 0 Å². The van der Waals surface area contributed by atoms with Crippen molar-refractivity contribution in [1.29, 1.82) is 0 Å². The summed E-state index contributed by atoms with van der Waals surface area (Å²) in [5.41, 5.74) is 3.49. The zero-order valence-corrected chi connectivity index (χ0v) is 16.0. The average Bonchev–Trinajstić information content (AvgIpc) is 3.13.